The van der Waals surface area contributed by atoms with Gasteiger partial charge in [-0.1, -0.05) is 18.2 Å². The van der Waals surface area contributed by atoms with Crippen LogP contribution in [-0.4, -0.2) is 25.5 Å². The molecule has 0 bridgehead atoms. The van der Waals surface area contributed by atoms with Crippen LogP contribution < -0.4 is 15.0 Å². The molecule has 124 valence electrons. The van der Waals surface area contributed by atoms with Crippen LogP contribution in [0.3, 0.4) is 0 Å². The second kappa shape index (κ2) is 6.70. The lowest BCUT2D eigenvalue weighted by Gasteiger charge is -2.17. The maximum absolute atomic E-state index is 13.6. The van der Waals surface area contributed by atoms with Crippen molar-refractivity contribution in [2.24, 2.45) is 5.92 Å². The number of halogens is 1. The van der Waals surface area contributed by atoms with E-state index >= 15 is 0 Å². The summed E-state index contributed by atoms with van der Waals surface area (Å²) in [5.74, 6) is -0.890. The van der Waals surface area contributed by atoms with Crippen molar-refractivity contribution < 1.29 is 18.7 Å². The third-order valence-electron chi connectivity index (χ3n) is 3.99. The molecule has 0 radical (unpaired) electrons. The highest BCUT2D eigenvalue weighted by Gasteiger charge is 2.35. The Labute approximate surface area is 139 Å². The number of methoxy groups -OCH3 is 1. The first-order valence-corrected chi connectivity index (χ1v) is 7.58. The maximum atomic E-state index is 13.6. The Morgan fingerprint density at radius 1 is 1.25 bits per heavy atom. The number of carbonyl (C=O) groups is 2. The summed E-state index contributed by atoms with van der Waals surface area (Å²) in [5.41, 5.74) is 0.801. The van der Waals surface area contributed by atoms with Gasteiger partial charge in [-0.25, -0.2) is 4.39 Å². The third-order valence-corrected chi connectivity index (χ3v) is 3.99. The third kappa shape index (κ3) is 3.22. The number of para-hydroxylation sites is 1. The Kier molecular flexibility index (Phi) is 4.46. The molecule has 24 heavy (non-hydrogen) atoms. The second-order valence-electron chi connectivity index (χ2n) is 5.58. The monoisotopic (exact) mass is 328 g/mol. The molecule has 0 aliphatic carbocycles. The molecular weight excluding hydrogens is 311 g/mol. The van der Waals surface area contributed by atoms with Crippen LogP contribution in [-0.2, 0) is 9.59 Å². The lowest BCUT2D eigenvalue weighted by molar-refractivity contribution is -0.122. The largest absolute Gasteiger partial charge is 0.497 e. The van der Waals surface area contributed by atoms with Gasteiger partial charge in [-0.15, -0.1) is 0 Å². The number of hydrogen-bond donors (Lipinski definition) is 1. The van der Waals surface area contributed by atoms with E-state index in [4.69, 9.17) is 4.74 Å². The minimum atomic E-state index is -0.525. The van der Waals surface area contributed by atoms with Gasteiger partial charge < -0.3 is 15.0 Å². The molecule has 6 heteroatoms. The number of rotatable bonds is 4. The van der Waals surface area contributed by atoms with Crippen LogP contribution in [0.2, 0.25) is 0 Å². The predicted molar refractivity (Wildman–Crippen MR) is 88.5 cm³/mol. The number of hydrogen-bond acceptors (Lipinski definition) is 3. The van der Waals surface area contributed by atoms with Crippen LogP contribution >= 0.6 is 0 Å². The number of nitrogens with zero attached hydrogens (tertiary/aromatic N) is 1. The fraction of sp³-hybridized carbons (Fsp3) is 0.222. The summed E-state index contributed by atoms with van der Waals surface area (Å²) in [6.07, 6.45) is 0.0947. The quantitative estimate of drug-likeness (QED) is 0.939. The van der Waals surface area contributed by atoms with Crippen molar-refractivity contribution in [1.29, 1.82) is 0 Å². The molecule has 1 N–H and O–H groups in total. The van der Waals surface area contributed by atoms with Gasteiger partial charge in [-0.3, -0.25) is 9.59 Å². The van der Waals surface area contributed by atoms with Crippen molar-refractivity contribution in [2.75, 3.05) is 23.9 Å². The van der Waals surface area contributed by atoms with E-state index < -0.39 is 11.7 Å². The fourth-order valence-electron chi connectivity index (χ4n) is 2.71. The predicted octanol–water partition coefficient (Wildman–Crippen LogP) is 2.83. The average molecular weight is 328 g/mol. The summed E-state index contributed by atoms with van der Waals surface area (Å²) >= 11 is 0. The van der Waals surface area contributed by atoms with E-state index in [2.05, 4.69) is 5.32 Å². The van der Waals surface area contributed by atoms with Gasteiger partial charge in [0.1, 0.15) is 11.6 Å². The topological polar surface area (TPSA) is 58.6 Å². The first kappa shape index (κ1) is 16.0. The van der Waals surface area contributed by atoms with Gasteiger partial charge in [0, 0.05) is 24.7 Å². The summed E-state index contributed by atoms with van der Waals surface area (Å²) in [6.45, 7) is 0.256. The first-order valence-electron chi connectivity index (χ1n) is 7.58. The fourth-order valence-corrected chi connectivity index (χ4v) is 2.71. The molecule has 1 saturated heterocycles. The Balaban J connectivity index is 1.72. The van der Waals surface area contributed by atoms with Crippen molar-refractivity contribution in [1.82, 2.24) is 0 Å². The molecule has 0 saturated carbocycles. The smallest absolute Gasteiger partial charge is 0.229 e. The summed E-state index contributed by atoms with van der Waals surface area (Å²) in [4.78, 5) is 26.1. The van der Waals surface area contributed by atoms with Crippen LogP contribution in [0.5, 0.6) is 5.75 Å². The summed E-state index contributed by atoms with van der Waals surface area (Å²) in [7, 11) is 1.55. The average Bonchev–Trinajstić information content (AvgIpc) is 2.99. The molecule has 2 aromatic carbocycles. The Hall–Kier alpha value is -2.89. The van der Waals surface area contributed by atoms with Crippen LogP contribution in [0.1, 0.15) is 6.42 Å². The standard InChI is InChI=1S/C18H17FN2O3/c1-24-14-6-4-5-13(10-14)21-11-12(9-17(21)22)18(23)20-16-8-3-2-7-15(16)19/h2-8,10,12H,9,11H2,1H3,(H,20,23). The van der Waals surface area contributed by atoms with Crippen molar-refractivity contribution in [3.63, 3.8) is 0 Å². The lowest BCUT2D eigenvalue weighted by Crippen LogP contribution is -2.28. The van der Waals surface area contributed by atoms with Gasteiger partial charge in [0.2, 0.25) is 11.8 Å². The van der Waals surface area contributed by atoms with E-state index in [-0.39, 0.29) is 30.5 Å². The number of benzene rings is 2. The molecule has 1 unspecified atom stereocenters. The number of ether oxygens (including phenoxy) is 1. The van der Waals surface area contributed by atoms with Crippen LogP contribution in [0.15, 0.2) is 48.5 Å². The van der Waals surface area contributed by atoms with E-state index in [0.717, 1.165) is 0 Å². The Bertz CT molecular complexity index is 778. The van der Waals surface area contributed by atoms with Gasteiger partial charge in [-0.2, -0.15) is 0 Å². The first-order chi connectivity index (χ1) is 11.6. The Morgan fingerprint density at radius 2 is 2.04 bits per heavy atom. The van der Waals surface area contributed by atoms with E-state index in [1.54, 1.807) is 48.4 Å². The molecule has 0 aromatic heterocycles. The van der Waals surface area contributed by atoms with Gasteiger partial charge in [0.25, 0.3) is 0 Å². The lowest BCUT2D eigenvalue weighted by atomic mass is 10.1. The molecular formula is C18H17FN2O3. The molecule has 1 heterocycles. The van der Waals surface area contributed by atoms with Crippen LogP contribution in [0.25, 0.3) is 0 Å². The molecule has 1 aliphatic heterocycles. The molecule has 0 spiro atoms. The summed E-state index contributed by atoms with van der Waals surface area (Å²) in [5, 5.41) is 2.55. The van der Waals surface area contributed by atoms with Gasteiger partial charge in [0.15, 0.2) is 0 Å². The summed E-state index contributed by atoms with van der Waals surface area (Å²) in [6, 6.07) is 13.1. The normalized spacial score (nSPS) is 17.0. The number of nitrogens with one attached hydrogen (secondary N) is 1. The molecule has 2 amide bonds. The zero-order valence-corrected chi connectivity index (χ0v) is 13.2. The second-order valence-corrected chi connectivity index (χ2v) is 5.58. The van der Waals surface area contributed by atoms with E-state index in [9.17, 15) is 14.0 Å². The number of anilines is 2. The van der Waals surface area contributed by atoms with Crippen molar-refractivity contribution in [2.45, 2.75) is 6.42 Å². The molecule has 1 aliphatic rings. The van der Waals surface area contributed by atoms with Crippen molar-refractivity contribution >= 4 is 23.2 Å². The van der Waals surface area contributed by atoms with E-state index in [1.165, 1.54) is 12.1 Å². The van der Waals surface area contributed by atoms with Gasteiger partial charge in [0.05, 0.1) is 18.7 Å². The zero-order valence-electron chi connectivity index (χ0n) is 13.2. The maximum Gasteiger partial charge on any atom is 0.229 e. The molecule has 5 nitrogen and oxygen atoms in total. The minimum Gasteiger partial charge on any atom is -0.497 e. The minimum absolute atomic E-state index is 0.0947. The van der Waals surface area contributed by atoms with Crippen molar-refractivity contribution in [3.05, 3.63) is 54.3 Å². The van der Waals surface area contributed by atoms with E-state index in [1.807, 2.05) is 0 Å². The van der Waals surface area contributed by atoms with Gasteiger partial charge in [-0.05, 0) is 24.3 Å². The molecule has 2 aromatic rings. The number of amides is 2. The highest BCUT2D eigenvalue weighted by molar-refractivity contribution is 6.03. The van der Waals surface area contributed by atoms with Crippen LogP contribution in [0.4, 0.5) is 15.8 Å². The molecule has 1 fully saturated rings. The van der Waals surface area contributed by atoms with E-state index in [0.29, 0.717) is 11.4 Å². The highest BCUT2D eigenvalue weighted by Crippen LogP contribution is 2.28. The van der Waals surface area contributed by atoms with Crippen molar-refractivity contribution in [3.8, 4) is 5.75 Å². The molecule has 3 rings (SSSR count). The SMILES string of the molecule is COc1cccc(N2CC(C(=O)Nc3ccccc3F)CC2=O)c1. The zero-order chi connectivity index (χ0) is 17.1. The Morgan fingerprint density at radius 3 is 2.79 bits per heavy atom. The molecule has 1 atom stereocenters. The van der Waals surface area contributed by atoms with Crippen LogP contribution in [0, 0.1) is 11.7 Å². The summed E-state index contributed by atoms with van der Waals surface area (Å²) < 4.78 is 18.8. The van der Waals surface area contributed by atoms with Gasteiger partial charge >= 0.3 is 0 Å². The highest BCUT2D eigenvalue weighted by atomic mass is 19.1. The number of carbonyl (C=O) groups excluding carboxylic acids is 2.